The second kappa shape index (κ2) is 34.3. The molecule has 0 N–H and O–H groups in total. The Hall–Kier alpha value is -17.9. The Balaban J connectivity index is 0.000000107. The zero-order valence-corrected chi connectivity index (χ0v) is 76.0. The van der Waals surface area contributed by atoms with Crippen molar-refractivity contribution < 1.29 is 8.83 Å². The van der Waals surface area contributed by atoms with Crippen LogP contribution >= 0.6 is 11.3 Å². The molecule has 0 aliphatic heterocycles. The monoisotopic (exact) mass is 1780 g/mol. The summed E-state index contributed by atoms with van der Waals surface area (Å²) >= 11 is 1.87. The normalized spacial score (nSPS) is 11.6. The third-order valence-electron chi connectivity index (χ3n) is 27.7. The molecule has 0 radical (unpaired) electrons. The summed E-state index contributed by atoms with van der Waals surface area (Å²) in [5.74, 6) is 0. The molecule has 22 aromatic carbocycles. The summed E-state index contributed by atoms with van der Waals surface area (Å²) in [6.45, 7) is 0. The Morgan fingerprint density at radius 1 is 0.138 bits per heavy atom. The molecular weight excluding hydrogens is 1690 g/mol. The molecule has 0 unspecified atom stereocenters. The van der Waals surface area contributed by atoms with Gasteiger partial charge in [0.1, 0.15) is 22.3 Å². The Bertz CT molecular complexity index is 9140. The van der Waals surface area contributed by atoms with E-state index in [1.165, 1.54) is 203 Å². The highest BCUT2D eigenvalue weighted by atomic mass is 32.1. The summed E-state index contributed by atoms with van der Waals surface area (Å²) in [5.41, 5.74) is 38.6. The number of para-hydroxylation sites is 4. The van der Waals surface area contributed by atoms with Gasteiger partial charge in [0, 0.05) is 91.1 Å². The van der Waals surface area contributed by atoms with Gasteiger partial charge in [-0.25, -0.2) is 0 Å². The average molecular weight is 1780 g/mol. The molecule has 0 amide bonds. The number of hydrogen-bond donors (Lipinski definition) is 0. The quantitative estimate of drug-likeness (QED) is 0.115. The van der Waals surface area contributed by atoms with Crippen LogP contribution in [0.15, 0.2) is 524 Å². The third-order valence-corrected chi connectivity index (χ3v) is 28.9. The first-order valence-electron chi connectivity index (χ1n) is 47.1. The molecule has 0 spiro atoms. The lowest BCUT2D eigenvalue weighted by molar-refractivity contribution is 0.668. The van der Waals surface area contributed by atoms with E-state index in [9.17, 15) is 0 Å². The maximum atomic E-state index is 6.41. The standard InChI is InChI=1S/C48H31NO.C42H27NO.C42H27NS/c1-3-10-32(11-4-1)34-18-20-36(21-19-34)40-15-9-17-47-48(40)43-31-38(25-29-46(43)50-47)37-24-28-45-42(30-37)41-14-7-8-16-44(41)49(45)39-26-22-35(23-27-39)33-12-5-2-6-13-33;2*1-2-8-28(9-3-1)29-14-16-30(17-15-29)31-18-22-34(23-19-31)43-39-12-6-4-10-35(39)37-26-32(20-24-40(37)43)33-21-25-42-38(27-33)36-11-5-7-13-41(36)44-42/h1-31H;2*1-27H. The van der Waals surface area contributed by atoms with E-state index in [1.54, 1.807) is 0 Å². The van der Waals surface area contributed by atoms with Gasteiger partial charge in [-0.05, 0) is 257 Å². The maximum absolute atomic E-state index is 6.41. The first-order valence-corrected chi connectivity index (χ1v) is 47.9. The van der Waals surface area contributed by atoms with Gasteiger partial charge in [-0.2, -0.15) is 0 Å². The molecule has 0 saturated heterocycles. The van der Waals surface area contributed by atoms with Crippen molar-refractivity contribution >= 4 is 141 Å². The van der Waals surface area contributed by atoms with Gasteiger partial charge in [0.2, 0.25) is 0 Å². The zero-order valence-electron chi connectivity index (χ0n) is 75.1. The van der Waals surface area contributed by atoms with Crippen LogP contribution in [-0.4, -0.2) is 13.7 Å². The van der Waals surface area contributed by atoms with Crippen molar-refractivity contribution in [3.63, 3.8) is 0 Å². The summed E-state index contributed by atoms with van der Waals surface area (Å²) < 4.78 is 22.3. The van der Waals surface area contributed by atoms with Gasteiger partial charge in [-0.15, -0.1) is 11.3 Å². The maximum Gasteiger partial charge on any atom is 0.136 e. The van der Waals surface area contributed by atoms with Gasteiger partial charge in [0.15, 0.2) is 0 Å². The number of rotatable bonds is 13. The molecule has 5 nitrogen and oxygen atoms in total. The van der Waals surface area contributed by atoms with Crippen molar-refractivity contribution in [1.29, 1.82) is 0 Å². The smallest absolute Gasteiger partial charge is 0.136 e. The van der Waals surface area contributed by atoms with Crippen molar-refractivity contribution in [2.75, 3.05) is 0 Å². The van der Waals surface area contributed by atoms with Gasteiger partial charge in [0.25, 0.3) is 0 Å². The Morgan fingerprint density at radius 3 is 0.797 bits per heavy atom. The summed E-state index contributed by atoms with van der Waals surface area (Å²) in [7, 11) is 0. The van der Waals surface area contributed by atoms with Crippen LogP contribution in [0, 0.1) is 0 Å². The molecule has 0 aliphatic rings. The summed E-state index contributed by atoms with van der Waals surface area (Å²) in [5, 5.41) is 14.8. The average Bonchev–Trinajstić information content (AvgIpc) is 1.59. The fourth-order valence-corrected chi connectivity index (χ4v) is 21.9. The van der Waals surface area contributed by atoms with Crippen LogP contribution in [0.2, 0.25) is 0 Å². The molecule has 646 valence electrons. The minimum Gasteiger partial charge on any atom is -0.456 e. The van der Waals surface area contributed by atoms with Crippen LogP contribution in [0.1, 0.15) is 0 Å². The fourth-order valence-electron chi connectivity index (χ4n) is 20.8. The highest BCUT2D eigenvalue weighted by Crippen LogP contribution is 2.46. The number of nitrogens with zero attached hydrogens (tertiary/aromatic N) is 3. The van der Waals surface area contributed by atoms with Crippen LogP contribution < -0.4 is 0 Å². The van der Waals surface area contributed by atoms with E-state index in [2.05, 4.69) is 517 Å². The molecule has 6 heteroatoms. The van der Waals surface area contributed by atoms with E-state index in [4.69, 9.17) is 8.83 Å². The second-order valence-electron chi connectivity index (χ2n) is 35.7. The number of hydrogen-bond acceptors (Lipinski definition) is 3. The van der Waals surface area contributed by atoms with E-state index in [0.717, 1.165) is 55.3 Å². The summed E-state index contributed by atoms with van der Waals surface area (Å²) in [6.07, 6.45) is 0. The van der Waals surface area contributed by atoms with Crippen molar-refractivity contribution in [1.82, 2.24) is 13.7 Å². The molecule has 6 heterocycles. The lowest BCUT2D eigenvalue weighted by Crippen LogP contribution is -1.93. The van der Waals surface area contributed by atoms with Crippen LogP contribution in [-0.2, 0) is 0 Å². The molecule has 138 heavy (non-hydrogen) atoms. The van der Waals surface area contributed by atoms with Crippen molar-refractivity contribution in [2.24, 2.45) is 0 Å². The third kappa shape index (κ3) is 14.6. The van der Waals surface area contributed by atoms with Crippen LogP contribution in [0.5, 0.6) is 0 Å². The molecular formula is C132H85N3O2S. The molecule has 28 rings (SSSR count). The first kappa shape index (κ1) is 80.9. The highest BCUT2D eigenvalue weighted by molar-refractivity contribution is 7.25. The molecule has 0 fully saturated rings. The van der Waals surface area contributed by atoms with E-state index in [1.807, 2.05) is 23.5 Å². The number of benzene rings is 22. The molecule has 6 aromatic heterocycles. The summed E-state index contributed by atoms with van der Waals surface area (Å²) in [6, 6.07) is 186. The fraction of sp³-hybridized carbons (Fsp3) is 0. The largest absolute Gasteiger partial charge is 0.456 e. The predicted molar refractivity (Wildman–Crippen MR) is 584 cm³/mol. The van der Waals surface area contributed by atoms with E-state index >= 15 is 0 Å². The zero-order chi connectivity index (χ0) is 91.1. The molecule has 0 atom stereocenters. The van der Waals surface area contributed by atoms with Gasteiger partial charge in [-0.3, -0.25) is 0 Å². The van der Waals surface area contributed by atoms with E-state index in [-0.39, 0.29) is 0 Å². The number of thiophene rings is 1. The lowest BCUT2D eigenvalue weighted by Gasteiger charge is -2.10. The van der Waals surface area contributed by atoms with Gasteiger partial charge in [0.05, 0.1) is 33.1 Å². The first-order chi connectivity index (χ1) is 68.4. The van der Waals surface area contributed by atoms with Crippen molar-refractivity contribution in [3.05, 3.63) is 516 Å². The minimum absolute atomic E-state index is 0.897. The van der Waals surface area contributed by atoms with Crippen molar-refractivity contribution in [2.45, 2.75) is 0 Å². The minimum atomic E-state index is 0.897. The Labute approximate surface area is 801 Å². The van der Waals surface area contributed by atoms with Gasteiger partial charge >= 0.3 is 0 Å². The van der Waals surface area contributed by atoms with Gasteiger partial charge in [-0.1, -0.05) is 370 Å². The summed E-state index contributed by atoms with van der Waals surface area (Å²) in [4.78, 5) is 0. The van der Waals surface area contributed by atoms with Crippen molar-refractivity contribution in [3.8, 4) is 128 Å². The van der Waals surface area contributed by atoms with Crippen LogP contribution in [0.4, 0.5) is 0 Å². The number of aromatic nitrogens is 3. The molecule has 28 aromatic rings. The molecule has 0 bridgehead atoms. The second-order valence-corrected chi connectivity index (χ2v) is 36.8. The SMILES string of the molecule is c1ccc(-c2ccc(-c3ccc(-n4c5ccccc5c5cc(-c6ccc7oc8ccccc8c7c6)ccc54)cc3)cc2)cc1.c1ccc(-c2ccc(-c3ccc(-n4c5ccccc5c5cc(-c6ccc7sc8ccccc8c7c6)ccc54)cc3)cc2)cc1.c1ccc(-c2ccc(-c3cccc4oc5ccc(-c6ccc7c(c6)c6ccccc6n7-c6ccc(-c7ccccc7)cc6)cc5c34)cc2)cc1. The number of furan rings is 2. The molecule has 0 saturated carbocycles. The molecule has 0 aliphatic carbocycles. The van der Waals surface area contributed by atoms with Crippen LogP contribution in [0.3, 0.4) is 0 Å². The van der Waals surface area contributed by atoms with Gasteiger partial charge < -0.3 is 22.5 Å². The topological polar surface area (TPSA) is 41.1 Å². The Kier molecular flexibility index (Phi) is 20.1. The number of fused-ring (bicyclic) bond motifs is 18. The lowest BCUT2D eigenvalue weighted by atomic mass is 9.95. The predicted octanol–water partition coefficient (Wildman–Crippen LogP) is 37.2. The van der Waals surface area contributed by atoms with Crippen LogP contribution in [0.25, 0.3) is 258 Å². The highest BCUT2D eigenvalue weighted by Gasteiger charge is 2.22. The Morgan fingerprint density at radius 2 is 0.391 bits per heavy atom. The van der Waals surface area contributed by atoms with E-state index in [0.29, 0.717) is 0 Å². The van der Waals surface area contributed by atoms with E-state index < -0.39 is 0 Å².